The lowest BCUT2D eigenvalue weighted by molar-refractivity contribution is -0.146. The molecule has 26 heavy (non-hydrogen) atoms. The molecule has 0 aliphatic carbocycles. The van der Waals surface area contributed by atoms with Crippen molar-refractivity contribution in [3.8, 4) is 0 Å². The third-order valence-corrected chi connectivity index (χ3v) is 5.22. The number of hydrogen-bond acceptors (Lipinski definition) is 5. The molecule has 0 fully saturated rings. The van der Waals surface area contributed by atoms with Gasteiger partial charge in [0.2, 0.25) is 5.78 Å². The Kier molecular flexibility index (Phi) is 5.78. The summed E-state index contributed by atoms with van der Waals surface area (Å²) in [5.41, 5.74) is 2.64. The van der Waals surface area contributed by atoms with Crippen molar-refractivity contribution in [3.63, 3.8) is 0 Å². The lowest BCUT2D eigenvalue weighted by Gasteiger charge is -2.12. The van der Waals surface area contributed by atoms with Crippen LogP contribution in [0.4, 0.5) is 0 Å². The van der Waals surface area contributed by atoms with Crippen molar-refractivity contribution in [2.45, 2.75) is 39.2 Å². The summed E-state index contributed by atoms with van der Waals surface area (Å²) < 4.78 is 6.44. The summed E-state index contributed by atoms with van der Waals surface area (Å²) in [6, 6.07) is 15.3. The first kappa shape index (κ1) is 18.3. The summed E-state index contributed by atoms with van der Waals surface area (Å²) >= 11 is 1.65. The minimum absolute atomic E-state index is 0.176. The fraction of sp³-hybridized carbons (Fsp3) is 0.286. The second kappa shape index (κ2) is 8.23. The van der Waals surface area contributed by atoms with Crippen LogP contribution in [0, 0.1) is 6.92 Å². The van der Waals surface area contributed by atoms with Gasteiger partial charge in [-0.25, -0.2) is 4.98 Å². The molecular formula is C21H21NO3S. The number of rotatable bonds is 7. The van der Waals surface area contributed by atoms with Gasteiger partial charge in [0.25, 0.3) is 0 Å². The van der Waals surface area contributed by atoms with Gasteiger partial charge in [-0.3, -0.25) is 9.59 Å². The van der Waals surface area contributed by atoms with Crippen molar-refractivity contribution in [1.29, 1.82) is 0 Å². The Balaban J connectivity index is 1.47. The zero-order valence-electron chi connectivity index (χ0n) is 14.9. The lowest BCUT2D eigenvalue weighted by atomic mass is 10.1. The van der Waals surface area contributed by atoms with E-state index >= 15 is 0 Å². The van der Waals surface area contributed by atoms with Crippen LogP contribution in [0.1, 0.15) is 40.7 Å². The van der Waals surface area contributed by atoms with Crippen molar-refractivity contribution in [1.82, 2.24) is 4.98 Å². The summed E-state index contributed by atoms with van der Waals surface area (Å²) in [6.45, 7) is 3.58. The number of fused-ring (bicyclic) bond motifs is 1. The second-order valence-corrected chi connectivity index (χ2v) is 7.41. The number of esters is 1. The molecule has 0 saturated carbocycles. The molecule has 0 saturated heterocycles. The van der Waals surface area contributed by atoms with E-state index < -0.39 is 6.10 Å². The Morgan fingerprint density at radius 1 is 1.12 bits per heavy atom. The SMILES string of the molecule is Cc1ccc(C(=O)[C@H](C)OC(=O)CCCc2nc3ccccc3s2)cc1. The van der Waals surface area contributed by atoms with E-state index in [9.17, 15) is 9.59 Å². The number of aromatic nitrogens is 1. The zero-order valence-corrected chi connectivity index (χ0v) is 15.7. The summed E-state index contributed by atoms with van der Waals surface area (Å²) in [4.78, 5) is 28.9. The van der Waals surface area contributed by atoms with Gasteiger partial charge in [0.1, 0.15) is 0 Å². The number of carbonyl (C=O) groups is 2. The molecule has 1 aromatic heterocycles. The topological polar surface area (TPSA) is 56.3 Å². The largest absolute Gasteiger partial charge is 0.454 e. The highest BCUT2D eigenvalue weighted by molar-refractivity contribution is 7.18. The van der Waals surface area contributed by atoms with Crippen molar-refractivity contribution >= 4 is 33.3 Å². The molecule has 1 atom stereocenters. The smallest absolute Gasteiger partial charge is 0.306 e. The van der Waals surface area contributed by atoms with E-state index in [1.165, 1.54) is 0 Å². The maximum atomic E-state index is 12.3. The normalized spacial score (nSPS) is 12.1. The number of para-hydroxylation sites is 1. The van der Waals surface area contributed by atoms with Gasteiger partial charge in [-0.1, -0.05) is 42.0 Å². The molecule has 0 amide bonds. The molecule has 1 heterocycles. The quantitative estimate of drug-likeness (QED) is 0.447. The van der Waals surface area contributed by atoms with E-state index in [-0.39, 0.29) is 18.2 Å². The molecule has 0 unspecified atom stereocenters. The van der Waals surface area contributed by atoms with Gasteiger partial charge in [0.05, 0.1) is 15.2 Å². The number of ether oxygens (including phenoxy) is 1. The number of Topliss-reactive ketones (excluding diaryl/α,β-unsaturated/α-hetero) is 1. The lowest BCUT2D eigenvalue weighted by Crippen LogP contribution is -2.24. The molecule has 3 aromatic rings. The van der Waals surface area contributed by atoms with Crippen LogP contribution in [-0.4, -0.2) is 22.8 Å². The molecule has 4 nitrogen and oxygen atoms in total. The van der Waals surface area contributed by atoms with Gasteiger partial charge >= 0.3 is 5.97 Å². The van der Waals surface area contributed by atoms with Crippen molar-refractivity contribution < 1.29 is 14.3 Å². The molecule has 0 aliphatic rings. The second-order valence-electron chi connectivity index (χ2n) is 6.29. The number of hydrogen-bond donors (Lipinski definition) is 0. The number of nitrogens with zero attached hydrogens (tertiary/aromatic N) is 1. The van der Waals surface area contributed by atoms with Crippen molar-refractivity contribution in [2.24, 2.45) is 0 Å². The van der Waals surface area contributed by atoms with E-state index in [0.717, 1.165) is 27.2 Å². The van der Waals surface area contributed by atoms with Gasteiger partial charge < -0.3 is 4.74 Å². The summed E-state index contributed by atoms with van der Waals surface area (Å²) in [5, 5.41) is 1.02. The van der Waals surface area contributed by atoms with Crippen LogP contribution in [0.5, 0.6) is 0 Å². The van der Waals surface area contributed by atoms with E-state index in [1.54, 1.807) is 30.4 Å². The average Bonchev–Trinajstić information content (AvgIpc) is 3.04. The molecule has 3 rings (SSSR count). The number of benzene rings is 2. The highest BCUT2D eigenvalue weighted by Gasteiger charge is 2.19. The first-order chi connectivity index (χ1) is 12.5. The highest BCUT2D eigenvalue weighted by atomic mass is 32.1. The van der Waals surface area contributed by atoms with Gasteiger partial charge in [0, 0.05) is 12.0 Å². The standard InChI is InChI=1S/C21H21NO3S/c1-14-10-12-16(13-11-14)21(24)15(2)25-20(23)9-5-8-19-22-17-6-3-4-7-18(17)26-19/h3-4,6-7,10-13,15H,5,8-9H2,1-2H3/t15-/m0/s1. The summed E-state index contributed by atoms with van der Waals surface area (Å²) in [7, 11) is 0. The third kappa shape index (κ3) is 4.55. The average molecular weight is 367 g/mol. The molecule has 0 aliphatic heterocycles. The molecule has 0 N–H and O–H groups in total. The fourth-order valence-electron chi connectivity index (χ4n) is 2.67. The molecular weight excluding hydrogens is 346 g/mol. The van der Waals surface area contributed by atoms with Gasteiger partial charge in [0.15, 0.2) is 6.10 Å². The van der Waals surface area contributed by atoms with Crippen molar-refractivity contribution in [3.05, 3.63) is 64.7 Å². The third-order valence-electron chi connectivity index (χ3n) is 4.12. The highest BCUT2D eigenvalue weighted by Crippen LogP contribution is 2.22. The molecule has 0 bridgehead atoms. The molecule has 0 spiro atoms. The van der Waals surface area contributed by atoms with Crippen LogP contribution in [-0.2, 0) is 16.0 Å². The Morgan fingerprint density at radius 3 is 2.58 bits per heavy atom. The van der Waals surface area contributed by atoms with Crippen LogP contribution in [0.2, 0.25) is 0 Å². The number of aryl methyl sites for hydroxylation is 2. The molecule has 134 valence electrons. The fourth-order valence-corrected chi connectivity index (χ4v) is 3.68. The summed E-state index contributed by atoms with van der Waals surface area (Å²) in [6.07, 6.45) is 0.896. The Labute approximate surface area is 156 Å². The first-order valence-corrected chi connectivity index (χ1v) is 9.49. The van der Waals surface area contributed by atoms with Crippen LogP contribution in [0.15, 0.2) is 48.5 Å². The maximum Gasteiger partial charge on any atom is 0.306 e. The van der Waals surface area contributed by atoms with Crippen LogP contribution in [0.3, 0.4) is 0 Å². The Morgan fingerprint density at radius 2 is 1.85 bits per heavy atom. The van der Waals surface area contributed by atoms with E-state index in [2.05, 4.69) is 4.98 Å². The first-order valence-electron chi connectivity index (χ1n) is 8.68. The zero-order chi connectivity index (χ0) is 18.5. The van der Waals surface area contributed by atoms with E-state index in [1.807, 2.05) is 43.3 Å². The van der Waals surface area contributed by atoms with Crippen LogP contribution >= 0.6 is 11.3 Å². The van der Waals surface area contributed by atoms with E-state index in [4.69, 9.17) is 4.74 Å². The Bertz CT molecular complexity index is 881. The number of thiazole rings is 1. The predicted octanol–water partition coefficient (Wildman–Crippen LogP) is 4.74. The molecule has 0 radical (unpaired) electrons. The van der Waals surface area contributed by atoms with Gasteiger partial charge in [-0.15, -0.1) is 11.3 Å². The van der Waals surface area contributed by atoms with Crippen molar-refractivity contribution in [2.75, 3.05) is 0 Å². The predicted molar refractivity (Wildman–Crippen MR) is 104 cm³/mol. The Hall–Kier alpha value is -2.53. The molecule has 5 heteroatoms. The number of ketones is 1. The van der Waals surface area contributed by atoms with Gasteiger partial charge in [-0.2, -0.15) is 0 Å². The minimum atomic E-state index is -0.771. The van der Waals surface area contributed by atoms with E-state index in [0.29, 0.717) is 12.0 Å². The van der Waals surface area contributed by atoms with Crippen LogP contribution in [0.25, 0.3) is 10.2 Å². The monoisotopic (exact) mass is 367 g/mol. The minimum Gasteiger partial charge on any atom is -0.454 e. The maximum absolute atomic E-state index is 12.3. The number of carbonyl (C=O) groups excluding carboxylic acids is 2. The summed E-state index contributed by atoms with van der Waals surface area (Å²) in [5.74, 6) is -0.524. The van der Waals surface area contributed by atoms with Crippen LogP contribution < -0.4 is 0 Å². The molecule has 2 aromatic carbocycles. The van der Waals surface area contributed by atoms with Gasteiger partial charge in [-0.05, 0) is 38.8 Å².